The van der Waals surface area contributed by atoms with Crippen LogP contribution < -0.4 is 15.5 Å². The number of hydrogen-bond acceptors (Lipinski definition) is 5. The van der Waals surface area contributed by atoms with Crippen LogP contribution in [0.2, 0.25) is 0 Å². The highest BCUT2D eigenvalue weighted by Crippen LogP contribution is 2.35. The van der Waals surface area contributed by atoms with Gasteiger partial charge in [-0.25, -0.2) is 9.97 Å². The number of halogens is 3. The molecule has 1 aromatic heterocycles. The number of anilines is 2. The lowest BCUT2D eigenvalue weighted by Crippen LogP contribution is -2.48. The minimum Gasteiger partial charge on any atom is -0.354 e. The van der Waals surface area contributed by atoms with E-state index >= 15 is 0 Å². The zero-order valence-electron chi connectivity index (χ0n) is 19.0. The summed E-state index contributed by atoms with van der Waals surface area (Å²) in [5.74, 6) is 0.154. The summed E-state index contributed by atoms with van der Waals surface area (Å²) in [7, 11) is 0. The van der Waals surface area contributed by atoms with Crippen LogP contribution in [0.1, 0.15) is 35.7 Å². The second-order valence-corrected chi connectivity index (χ2v) is 8.31. The fourth-order valence-electron chi connectivity index (χ4n) is 4.14. The predicted octanol–water partition coefficient (Wildman–Crippen LogP) is 4.52. The van der Waals surface area contributed by atoms with Crippen molar-refractivity contribution in [3.63, 3.8) is 0 Å². The summed E-state index contributed by atoms with van der Waals surface area (Å²) in [5.41, 5.74) is 0.571. The molecule has 7 nitrogen and oxygen atoms in total. The van der Waals surface area contributed by atoms with E-state index in [1.807, 2.05) is 35.2 Å². The number of amides is 2. The number of carbonyl (C=O) groups excluding carboxylic acids is 2. The normalized spacial score (nSPS) is 16.0. The molecule has 1 atom stereocenters. The number of alkyl halides is 3. The maximum absolute atomic E-state index is 13.0. The summed E-state index contributed by atoms with van der Waals surface area (Å²) in [6.45, 7) is 2.46. The minimum absolute atomic E-state index is 0.0445. The van der Waals surface area contributed by atoms with Crippen LogP contribution in [0.25, 0.3) is 11.1 Å². The molecule has 0 spiro atoms. The van der Waals surface area contributed by atoms with Crippen LogP contribution >= 0.6 is 0 Å². The second kappa shape index (κ2) is 10.1. The molecule has 182 valence electrons. The zero-order chi connectivity index (χ0) is 25.0. The third-order valence-corrected chi connectivity index (χ3v) is 5.69. The van der Waals surface area contributed by atoms with E-state index in [0.717, 1.165) is 24.1 Å². The van der Waals surface area contributed by atoms with E-state index in [1.165, 1.54) is 25.4 Å². The Hall–Kier alpha value is -3.95. The Bertz CT molecular complexity index is 1220. The summed E-state index contributed by atoms with van der Waals surface area (Å²) >= 11 is 0. The summed E-state index contributed by atoms with van der Waals surface area (Å²) in [5, 5.41) is 5.61. The molecule has 1 aliphatic rings. The second-order valence-electron chi connectivity index (χ2n) is 8.31. The van der Waals surface area contributed by atoms with Gasteiger partial charge >= 0.3 is 6.18 Å². The molecule has 1 unspecified atom stereocenters. The van der Waals surface area contributed by atoms with Crippen molar-refractivity contribution in [1.29, 1.82) is 0 Å². The van der Waals surface area contributed by atoms with Gasteiger partial charge in [0.2, 0.25) is 5.91 Å². The molecule has 2 heterocycles. The monoisotopic (exact) mass is 483 g/mol. The largest absolute Gasteiger partial charge is 0.416 e. The number of carbonyl (C=O) groups is 2. The van der Waals surface area contributed by atoms with E-state index in [9.17, 15) is 22.8 Å². The molecule has 0 aliphatic carbocycles. The van der Waals surface area contributed by atoms with Gasteiger partial charge in [-0.1, -0.05) is 36.4 Å². The number of benzene rings is 2. The SMILES string of the molecule is CC(=O)Nc1ncnc(N2CCCC(NC(=O)c3cccc(C(F)(F)F)c3)C2)c1-c1ccccc1. The first-order valence-corrected chi connectivity index (χ1v) is 11.1. The molecule has 0 saturated carbocycles. The van der Waals surface area contributed by atoms with Gasteiger partial charge in [0, 0.05) is 31.6 Å². The summed E-state index contributed by atoms with van der Waals surface area (Å²) in [4.78, 5) is 35.2. The number of nitrogens with zero attached hydrogens (tertiary/aromatic N) is 3. The van der Waals surface area contributed by atoms with E-state index < -0.39 is 17.6 Å². The van der Waals surface area contributed by atoms with Gasteiger partial charge in [0.05, 0.1) is 11.1 Å². The van der Waals surface area contributed by atoms with Gasteiger partial charge < -0.3 is 15.5 Å². The average Bonchev–Trinajstić information content (AvgIpc) is 2.84. The smallest absolute Gasteiger partial charge is 0.354 e. The van der Waals surface area contributed by atoms with Crippen molar-refractivity contribution >= 4 is 23.5 Å². The van der Waals surface area contributed by atoms with E-state index in [-0.39, 0.29) is 17.5 Å². The number of aromatic nitrogens is 2. The average molecular weight is 483 g/mol. The van der Waals surface area contributed by atoms with E-state index in [4.69, 9.17) is 0 Å². The van der Waals surface area contributed by atoms with Crippen molar-refractivity contribution in [2.45, 2.75) is 32.0 Å². The molecule has 10 heteroatoms. The summed E-state index contributed by atoms with van der Waals surface area (Å²) < 4.78 is 39.1. The highest BCUT2D eigenvalue weighted by atomic mass is 19.4. The van der Waals surface area contributed by atoms with Crippen LogP contribution in [0, 0.1) is 0 Å². The van der Waals surface area contributed by atoms with Crippen molar-refractivity contribution in [1.82, 2.24) is 15.3 Å². The fraction of sp³-hybridized carbons (Fsp3) is 0.280. The molecule has 1 saturated heterocycles. The molecule has 1 fully saturated rings. The first-order valence-electron chi connectivity index (χ1n) is 11.1. The van der Waals surface area contributed by atoms with Gasteiger partial charge in [-0.3, -0.25) is 9.59 Å². The summed E-state index contributed by atoms with van der Waals surface area (Å²) in [6.07, 6.45) is -1.74. The number of rotatable bonds is 5. The van der Waals surface area contributed by atoms with E-state index in [1.54, 1.807) is 0 Å². The van der Waals surface area contributed by atoms with Gasteiger partial charge in [-0.15, -0.1) is 0 Å². The van der Waals surface area contributed by atoms with Crippen LogP contribution in [0.5, 0.6) is 0 Å². The quantitative estimate of drug-likeness (QED) is 0.557. The van der Waals surface area contributed by atoms with E-state index in [0.29, 0.717) is 36.7 Å². The van der Waals surface area contributed by atoms with Gasteiger partial charge in [0.15, 0.2) is 0 Å². The summed E-state index contributed by atoms with van der Waals surface area (Å²) in [6, 6.07) is 13.5. The van der Waals surface area contributed by atoms with Crippen molar-refractivity contribution < 1.29 is 22.8 Å². The predicted molar refractivity (Wildman–Crippen MR) is 126 cm³/mol. The third-order valence-electron chi connectivity index (χ3n) is 5.69. The molecule has 0 bridgehead atoms. The Kier molecular flexibility index (Phi) is 6.99. The maximum atomic E-state index is 13.0. The fourth-order valence-corrected chi connectivity index (χ4v) is 4.14. The molecule has 1 aliphatic heterocycles. The standard InChI is InChI=1S/C25H24F3N5O2/c1-16(34)31-22-21(17-7-3-2-4-8-17)23(30-15-29-22)33-12-6-11-20(14-33)32-24(35)18-9-5-10-19(13-18)25(26,27)28/h2-5,7-10,13,15,20H,6,11-12,14H2,1H3,(H,32,35)(H,29,30,31,34). The van der Waals surface area contributed by atoms with Crippen LogP contribution in [-0.4, -0.2) is 40.9 Å². The Morgan fingerprint density at radius 3 is 2.54 bits per heavy atom. The molecule has 2 amide bonds. The molecule has 2 aromatic carbocycles. The third kappa shape index (κ3) is 5.76. The highest BCUT2D eigenvalue weighted by Gasteiger charge is 2.31. The van der Waals surface area contributed by atoms with Crippen LogP contribution in [0.4, 0.5) is 24.8 Å². The van der Waals surface area contributed by atoms with Crippen LogP contribution in [-0.2, 0) is 11.0 Å². The Morgan fingerprint density at radius 2 is 1.83 bits per heavy atom. The topological polar surface area (TPSA) is 87.2 Å². The molecule has 35 heavy (non-hydrogen) atoms. The maximum Gasteiger partial charge on any atom is 0.416 e. The van der Waals surface area contributed by atoms with Gasteiger partial charge in [0.25, 0.3) is 5.91 Å². The minimum atomic E-state index is -4.52. The number of piperidine rings is 1. The lowest BCUT2D eigenvalue weighted by molar-refractivity contribution is -0.137. The van der Waals surface area contributed by atoms with Crippen molar-refractivity contribution in [3.05, 3.63) is 72.1 Å². The number of nitrogens with one attached hydrogen (secondary N) is 2. The molecular formula is C25H24F3N5O2. The lowest BCUT2D eigenvalue weighted by atomic mass is 10.0. The van der Waals surface area contributed by atoms with Crippen molar-refractivity contribution in [2.24, 2.45) is 0 Å². The Balaban J connectivity index is 1.58. The van der Waals surface area contributed by atoms with Crippen LogP contribution in [0.15, 0.2) is 60.9 Å². The van der Waals surface area contributed by atoms with Gasteiger partial charge in [-0.2, -0.15) is 13.2 Å². The zero-order valence-corrected chi connectivity index (χ0v) is 19.0. The van der Waals surface area contributed by atoms with Crippen LogP contribution in [0.3, 0.4) is 0 Å². The Morgan fingerprint density at radius 1 is 1.06 bits per heavy atom. The molecule has 4 rings (SSSR count). The van der Waals surface area contributed by atoms with Crippen molar-refractivity contribution in [3.8, 4) is 11.1 Å². The molecular weight excluding hydrogens is 459 g/mol. The molecule has 2 N–H and O–H groups in total. The first kappa shape index (κ1) is 24.2. The highest BCUT2D eigenvalue weighted by molar-refractivity contribution is 5.96. The number of hydrogen-bond donors (Lipinski definition) is 2. The van der Waals surface area contributed by atoms with Gasteiger partial charge in [0.1, 0.15) is 18.0 Å². The van der Waals surface area contributed by atoms with E-state index in [2.05, 4.69) is 20.6 Å². The van der Waals surface area contributed by atoms with Gasteiger partial charge in [-0.05, 0) is 36.6 Å². The first-order chi connectivity index (χ1) is 16.7. The molecule has 0 radical (unpaired) electrons. The lowest BCUT2D eigenvalue weighted by Gasteiger charge is -2.35. The van der Waals surface area contributed by atoms with Crippen molar-refractivity contribution in [2.75, 3.05) is 23.3 Å². The molecule has 3 aromatic rings. The Labute approximate surface area is 200 Å².